The van der Waals surface area contributed by atoms with Gasteiger partial charge in [0.1, 0.15) is 11.6 Å². The Bertz CT molecular complexity index is 1180. The van der Waals surface area contributed by atoms with Gasteiger partial charge in [0, 0.05) is 22.5 Å². The van der Waals surface area contributed by atoms with Crippen LogP contribution in [0.1, 0.15) is 62.9 Å². The number of aryl methyl sites for hydroxylation is 1. The number of alkyl halides is 3. The molecule has 3 aromatic rings. The molecule has 3 rings (SSSR count). The van der Waals surface area contributed by atoms with E-state index in [0.29, 0.717) is 30.5 Å². The fraction of sp³-hybridized carbons (Fsp3) is 0.500. The zero-order valence-corrected chi connectivity index (χ0v) is 23.7. The van der Waals surface area contributed by atoms with Gasteiger partial charge in [-0.1, -0.05) is 47.3 Å². The summed E-state index contributed by atoms with van der Waals surface area (Å²) in [6.07, 6.45) is -0.155. The van der Waals surface area contributed by atoms with Gasteiger partial charge in [-0.15, -0.1) is 0 Å². The van der Waals surface area contributed by atoms with Crippen molar-refractivity contribution in [1.29, 1.82) is 0 Å². The van der Waals surface area contributed by atoms with Crippen LogP contribution in [0.15, 0.2) is 40.9 Å². The van der Waals surface area contributed by atoms with Gasteiger partial charge in [-0.05, 0) is 57.0 Å². The number of hydrogen-bond donors (Lipinski definition) is 2. The summed E-state index contributed by atoms with van der Waals surface area (Å²) in [7, 11) is 1.61. The highest BCUT2D eigenvalue weighted by molar-refractivity contribution is 9.10. The van der Waals surface area contributed by atoms with Gasteiger partial charge in [0.15, 0.2) is 11.5 Å². The van der Waals surface area contributed by atoms with E-state index in [9.17, 15) is 13.2 Å². The van der Waals surface area contributed by atoms with Crippen LogP contribution in [0, 0.1) is 6.92 Å². The van der Waals surface area contributed by atoms with E-state index >= 15 is 0 Å². The Balaban J connectivity index is 1.52. The van der Waals surface area contributed by atoms with E-state index in [1.54, 1.807) is 7.11 Å². The number of fused-ring (bicyclic) bond motifs is 1. The second-order valence-electron chi connectivity index (χ2n) is 9.29. The van der Waals surface area contributed by atoms with Crippen LogP contribution in [0.2, 0.25) is 0 Å². The number of rotatable bonds is 15. The number of nitrogens with one attached hydrogen (secondary N) is 2. The molecule has 2 aromatic carbocycles. The second kappa shape index (κ2) is 14.5. The number of hydrogen-bond acceptors (Lipinski definition) is 6. The predicted octanol–water partition coefficient (Wildman–Crippen LogP) is 7.75. The zero-order valence-electron chi connectivity index (χ0n) is 22.1. The summed E-state index contributed by atoms with van der Waals surface area (Å²) in [6.45, 7) is 5.09. The maximum Gasteiger partial charge on any atom is 0.390 e. The summed E-state index contributed by atoms with van der Waals surface area (Å²) in [5, 5.41) is 7.21. The van der Waals surface area contributed by atoms with Crippen molar-refractivity contribution in [2.24, 2.45) is 0 Å². The van der Waals surface area contributed by atoms with E-state index in [1.807, 2.05) is 31.2 Å². The highest BCUT2D eigenvalue weighted by atomic mass is 79.9. The molecule has 0 saturated heterocycles. The zero-order chi connectivity index (χ0) is 27.5. The molecule has 0 spiro atoms. The lowest BCUT2D eigenvalue weighted by Crippen LogP contribution is -2.22. The molecule has 0 bridgehead atoms. The maximum absolute atomic E-state index is 12.1. The minimum Gasteiger partial charge on any atom is -0.493 e. The fourth-order valence-corrected chi connectivity index (χ4v) is 4.54. The van der Waals surface area contributed by atoms with E-state index in [1.165, 1.54) is 0 Å². The summed E-state index contributed by atoms with van der Waals surface area (Å²) in [6, 6.07) is 12.0. The summed E-state index contributed by atoms with van der Waals surface area (Å²) in [5.74, 6) is 2.65. The topological polar surface area (TPSA) is 68.3 Å². The number of anilines is 1. The van der Waals surface area contributed by atoms with Gasteiger partial charge in [-0.25, -0.2) is 9.97 Å². The van der Waals surface area contributed by atoms with Crippen LogP contribution in [0.25, 0.3) is 10.9 Å². The Morgan fingerprint density at radius 3 is 2.47 bits per heavy atom. The lowest BCUT2D eigenvalue weighted by atomic mass is 10.1. The van der Waals surface area contributed by atoms with Crippen molar-refractivity contribution in [3.8, 4) is 11.5 Å². The lowest BCUT2D eigenvalue weighted by Gasteiger charge is -2.18. The number of nitrogens with zero attached hydrogens (tertiary/aromatic N) is 2. The summed E-state index contributed by atoms with van der Waals surface area (Å²) >= 11 is 3.53. The van der Waals surface area contributed by atoms with E-state index in [0.717, 1.165) is 58.9 Å². The van der Waals surface area contributed by atoms with E-state index in [-0.39, 0.29) is 12.6 Å². The molecule has 0 saturated carbocycles. The average molecular weight is 598 g/mol. The molecular formula is C28H36BrF3N4O2. The monoisotopic (exact) mass is 596 g/mol. The van der Waals surface area contributed by atoms with Crippen molar-refractivity contribution in [1.82, 2.24) is 15.3 Å². The molecule has 6 nitrogen and oxygen atoms in total. The molecule has 0 unspecified atom stereocenters. The van der Waals surface area contributed by atoms with Crippen molar-refractivity contribution in [2.45, 2.75) is 64.6 Å². The predicted molar refractivity (Wildman–Crippen MR) is 149 cm³/mol. The Morgan fingerprint density at radius 2 is 1.74 bits per heavy atom. The Morgan fingerprint density at radius 1 is 0.974 bits per heavy atom. The minimum absolute atomic E-state index is 0.0169. The molecule has 0 radical (unpaired) electrons. The SMILES string of the molecule is COc1cc2c(N[C@H](C)c3cccc(Br)c3)nc(C)nc2cc1OCCCCCCCNCCC(F)(F)F. The number of halogens is 4. The molecule has 0 aliphatic carbocycles. The van der Waals surface area contributed by atoms with Crippen LogP contribution in [0.3, 0.4) is 0 Å². The van der Waals surface area contributed by atoms with E-state index in [2.05, 4.69) is 55.6 Å². The highest BCUT2D eigenvalue weighted by Crippen LogP contribution is 2.35. The smallest absolute Gasteiger partial charge is 0.390 e. The van der Waals surface area contributed by atoms with E-state index in [4.69, 9.17) is 9.47 Å². The highest BCUT2D eigenvalue weighted by Gasteiger charge is 2.25. The quantitative estimate of drug-likeness (QED) is 0.175. The van der Waals surface area contributed by atoms with Gasteiger partial charge in [0.05, 0.1) is 31.7 Å². The molecule has 38 heavy (non-hydrogen) atoms. The molecular weight excluding hydrogens is 561 g/mol. The van der Waals surface area contributed by atoms with Gasteiger partial charge in [0.25, 0.3) is 0 Å². The third-order valence-electron chi connectivity index (χ3n) is 6.14. The fourth-order valence-electron chi connectivity index (χ4n) is 4.12. The molecule has 2 N–H and O–H groups in total. The number of aromatic nitrogens is 2. The first-order chi connectivity index (χ1) is 18.2. The number of benzene rings is 2. The van der Waals surface area contributed by atoms with Crippen LogP contribution in [-0.4, -0.2) is 43.0 Å². The van der Waals surface area contributed by atoms with Gasteiger partial charge < -0.3 is 20.1 Å². The first-order valence-corrected chi connectivity index (χ1v) is 13.7. The summed E-state index contributed by atoms with van der Waals surface area (Å²) in [4.78, 5) is 9.26. The molecule has 10 heteroatoms. The Hall–Kier alpha value is -2.59. The van der Waals surface area contributed by atoms with Crippen LogP contribution in [0.4, 0.5) is 19.0 Å². The molecule has 1 heterocycles. The van der Waals surface area contributed by atoms with Gasteiger partial charge >= 0.3 is 6.18 Å². The molecule has 1 aromatic heterocycles. The van der Waals surface area contributed by atoms with Crippen molar-refractivity contribution in [2.75, 3.05) is 32.1 Å². The molecule has 0 amide bonds. The van der Waals surface area contributed by atoms with Gasteiger partial charge in [0.2, 0.25) is 0 Å². The number of methoxy groups -OCH3 is 1. The van der Waals surface area contributed by atoms with Crippen LogP contribution in [-0.2, 0) is 0 Å². The number of unbranched alkanes of at least 4 members (excludes halogenated alkanes) is 4. The second-order valence-corrected chi connectivity index (χ2v) is 10.2. The van der Waals surface area contributed by atoms with Crippen molar-refractivity contribution in [3.05, 3.63) is 52.3 Å². The minimum atomic E-state index is -4.09. The molecule has 1 atom stereocenters. The third-order valence-corrected chi connectivity index (χ3v) is 6.63. The maximum atomic E-state index is 12.1. The summed E-state index contributed by atoms with van der Waals surface area (Å²) in [5.41, 5.74) is 1.91. The lowest BCUT2D eigenvalue weighted by molar-refractivity contribution is -0.133. The van der Waals surface area contributed by atoms with E-state index < -0.39 is 12.6 Å². The van der Waals surface area contributed by atoms with Crippen LogP contribution in [0.5, 0.6) is 11.5 Å². The van der Waals surface area contributed by atoms with Gasteiger partial charge in [-0.2, -0.15) is 13.2 Å². The molecule has 208 valence electrons. The van der Waals surface area contributed by atoms with Crippen molar-refractivity contribution in [3.63, 3.8) is 0 Å². The first kappa shape index (κ1) is 30.0. The molecule has 0 aliphatic rings. The normalized spacial score (nSPS) is 12.5. The average Bonchev–Trinajstić information content (AvgIpc) is 2.86. The first-order valence-electron chi connectivity index (χ1n) is 12.9. The Kier molecular flexibility index (Phi) is 11.5. The number of ether oxygens (including phenoxy) is 2. The van der Waals surface area contributed by atoms with Crippen molar-refractivity contribution >= 4 is 32.7 Å². The third kappa shape index (κ3) is 9.62. The van der Waals surface area contributed by atoms with Gasteiger partial charge in [-0.3, -0.25) is 0 Å². The standard InChI is InChI=1S/C28H36BrF3N4O2/c1-19(21-10-9-11-22(29)16-21)34-27-23-17-25(37-3)26(18-24(23)35-20(2)36-27)38-15-8-6-4-5-7-13-33-14-12-28(30,31)32/h9-11,16-19,33H,4-8,12-15H2,1-3H3,(H,34,35,36)/t19-/m1/s1. The van der Waals surface area contributed by atoms with Crippen LogP contribution < -0.4 is 20.1 Å². The molecule has 0 fully saturated rings. The van der Waals surface area contributed by atoms with Crippen LogP contribution >= 0.6 is 15.9 Å². The molecule has 0 aliphatic heterocycles. The Labute approximate surface area is 230 Å². The summed E-state index contributed by atoms with van der Waals surface area (Å²) < 4.78 is 49.1. The van der Waals surface area contributed by atoms with Crippen molar-refractivity contribution < 1.29 is 22.6 Å². The largest absolute Gasteiger partial charge is 0.493 e.